The third kappa shape index (κ3) is 3.44. The van der Waals surface area contributed by atoms with Crippen molar-refractivity contribution in [2.45, 2.75) is 38.5 Å². The van der Waals surface area contributed by atoms with Gasteiger partial charge in [0.1, 0.15) is 0 Å². The van der Waals surface area contributed by atoms with Crippen molar-refractivity contribution in [2.24, 2.45) is 5.92 Å². The Hall–Kier alpha value is -2.16. The monoisotopic (exact) mass is 308 g/mol. The Morgan fingerprint density at radius 3 is 2.61 bits per heavy atom. The van der Waals surface area contributed by atoms with Gasteiger partial charge in [-0.3, -0.25) is 9.78 Å². The Balaban J connectivity index is 1.58. The van der Waals surface area contributed by atoms with Gasteiger partial charge in [-0.15, -0.1) is 0 Å². The summed E-state index contributed by atoms with van der Waals surface area (Å²) in [6.07, 6.45) is 4.56. The van der Waals surface area contributed by atoms with Crippen molar-refractivity contribution in [3.05, 3.63) is 65.5 Å². The lowest BCUT2D eigenvalue weighted by Crippen LogP contribution is -2.37. The first-order valence-electron chi connectivity index (χ1n) is 8.23. The van der Waals surface area contributed by atoms with Crippen LogP contribution < -0.4 is 5.32 Å². The van der Waals surface area contributed by atoms with Gasteiger partial charge in [0, 0.05) is 30.3 Å². The van der Waals surface area contributed by atoms with Crippen LogP contribution in [0.1, 0.15) is 42.9 Å². The van der Waals surface area contributed by atoms with Crippen LogP contribution in [-0.4, -0.2) is 17.4 Å². The van der Waals surface area contributed by atoms with Crippen LogP contribution in [0.3, 0.4) is 0 Å². The highest BCUT2D eigenvalue weighted by molar-refractivity contribution is 5.83. The fourth-order valence-corrected chi connectivity index (χ4v) is 3.18. The molecule has 0 bridgehead atoms. The molecule has 3 nitrogen and oxygen atoms in total. The topological polar surface area (TPSA) is 42.0 Å². The van der Waals surface area contributed by atoms with E-state index in [0.717, 1.165) is 6.42 Å². The number of aryl methyl sites for hydroxylation is 1. The number of carbonyl (C=O) groups is 1. The summed E-state index contributed by atoms with van der Waals surface area (Å²) in [7, 11) is 0. The molecule has 0 aliphatic heterocycles. The minimum atomic E-state index is -0.0916. The summed E-state index contributed by atoms with van der Waals surface area (Å²) in [6.45, 7) is 7.06. The summed E-state index contributed by atoms with van der Waals surface area (Å²) in [5.74, 6) is 0.699. The van der Waals surface area contributed by atoms with E-state index in [0.29, 0.717) is 12.5 Å². The number of amides is 1. The Labute approximate surface area is 138 Å². The number of nitrogens with zero attached hydrogens (tertiary/aromatic N) is 1. The predicted octanol–water partition coefficient (Wildman–Crippen LogP) is 3.59. The maximum Gasteiger partial charge on any atom is 0.223 e. The van der Waals surface area contributed by atoms with Crippen molar-refractivity contribution in [2.75, 3.05) is 6.54 Å². The molecule has 1 aromatic carbocycles. The Kier molecular flexibility index (Phi) is 4.20. The van der Waals surface area contributed by atoms with Crippen molar-refractivity contribution in [1.29, 1.82) is 0 Å². The summed E-state index contributed by atoms with van der Waals surface area (Å²) in [6, 6.07) is 12.4. The lowest BCUT2D eigenvalue weighted by molar-refractivity contribution is -0.122. The van der Waals surface area contributed by atoms with Crippen LogP contribution in [0.5, 0.6) is 0 Å². The molecule has 1 fully saturated rings. The summed E-state index contributed by atoms with van der Waals surface area (Å²) in [4.78, 5) is 16.5. The second kappa shape index (κ2) is 6.15. The number of aromatic nitrogens is 1. The molecule has 0 radical (unpaired) electrons. The van der Waals surface area contributed by atoms with Crippen molar-refractivity contribution in [3.8, 4) is 0 Å². The van der Waals surface area contributed by atoms with Gasteiger partial charge in [-0.2, -0.15) is 0 Å². The molecule has 0 saturated heterocycles. The van der Waals surface area contributed by atoms with Crippen LogP contribution in [0.2, 0.25) is 0 Å². The third-order valence-corrected chi connectivity index (χ3v) is 4.88. The van der Waals surface area contributed by atoms with E-state index >= 15 is 0 Å². The zero-order valence-electron chi connectivity index (χ0n) is 14.0. The molecule has 1 saturated carbocycles. The number of hydrogen-bond acceptors (Lipinski definition) is 2. The smallest absolute Gasteiger partial charge is 0.223 e. The minimum absolute atomic E-state index is 0.0916. The highest BCUT2D eigenvalue weighted by Crippen LogP contribution is 2.48. The molecule has 23 heavy (non-hydrogen) atoms. The summed E-state index contributed by atoms with van der Waals surface area (Å²) in [5.41, 5.74) is 3.70. The molecule has 1 aliphatic carbocycles. The molecule has 3 rings (SSSR count). The van der Waals surface area contributed by atoms with Gasteiger partial charge < -0.3 is 5.32 Å². The van der Waals surface area contributed by atoms with Crippen LogP contribution in [0.25, 0.3) is 0 Å². The number of hydrogen-bond donors (Lipinski definition) is 1. The second-order valence-corrected chi connectivity index (χ2v) is 7.14. The molecule has 1 N–H and O–H groups in total. The van der Waals surface area contributed by atoms with Gasteiger partial charge in [0.2, 0.25) is 5.91 Å². The SMILES string of the molecule is Cc1ccccc1C1CC1C(=O)NCC(C)(C)c1ccncc1. The van der Waals surface area contributed by atoms with E-state index in [2.05, 4.69) is 49.3 Å². The molecular weight excluding hydrogens is 284 g/mol. The lowest BCUT2D eigenvalue weighted by atomic mass is 9.85. The maximum atomic E-state index is 12.5. The summed E-state index contributed by atoms with van der Waals surface area (Å²) in [5, 5.41) is 3.14. The Morgan fingerprint density at radius 1 is 1.22 bits per heavy atom. The molecule has 3 heteroatoms. The van der Waals surface area contributed by atoms with Crippen molar-refractivity contribution in [3.63, 3.8) is 0 Å². The van der Waals surface area contributed by atoms with Gasteiger partial charge in [-0.25, -0.2) is 0 Å². The van der Waals surface area contributed by atoms with Gasteiger partial charge >= 0.3 is 0 Å². The van der Waals surface area contributed by atoms with Crippen molar-refractivity contribution in [1.82, 2.24) is 10.3 Å². The molecule has 2 aromatic rings. The fraction of sp³-hybridized carbons (Fsp3) is 0.400. The van der Waals surface area contributed by atoms with Crippen LogP contribution >= 0.6 is 0 Å². The molecule has 1 aromatic heterocycles. The minimum Gasteiger partial charge on any atom is -0.355 e. The maximum absolute atomic E-state index is 12.5. The molecule has 2 unspecified atom stereocenters. The molecule has 2 atom stereocenters. The van der Waals surface area contributed by atoms with Crippen LogP contribution in [0.15, 0.2) is 48.8 Å². The van der Waals surface area contributed by atoms with Gasteiger partial charge in [0.15, 0.2) is 0 Å². The Bertz CT molecular complexity index is 694. The van der Waals surface area contributed by atoms with Crippen LogP contribution in [0.4, 0.5) is 0 Å². The van der Waals surface area contributed by atoms with Gasteiger partial charge in [-0.05, 0) is 48.1 Å². The molecule has 1 aliphatic rings. The first kappa shape index (κ1) is 15.7. The van der Waals surface area contributed by atoms with Crippen LogP contribution in [-0.2, 0) is 10.2 Å². The first-order chi connectivity index (χ1) is 11.0. The zero-order valence-corrected chi connectivity index (χ0v) is 14.0. The quantitative estimate of drug-likeness (QED) is 0.917. The van der Waals surface area contributed by atoms with E-state index in [1.54, 1.807) is 12.4 Å². The lowest BCUT2D eigenvalue weighted by Gasteiger charge is -2.25. The van der Waals surface area contributed by atoms with Gasteiger partial charge in [0.25, 0.3) is 0 Å². The van der Waals surface area contributed by atoms with Gasteiger partial charge in [0.05, 0.1) is 0 Å². The van der Waals surface area contributed by atoms with E-state index in [1.807, 2.05) is 18.2 Å². The van der Waals surface area contributed by atoms with Gasteiger partial charge in [-0.1, -0.05) is 38.1 Å². The summed E-state index contributed by atoms with van der Waals surface area (Å²) >= 11 is 0. The molecule has 120 valence electrons. The number of rotatable bonds is 5. The normalized spacial score (nSPS) is 20.1. The molecule has 1 amide bonds. The average Bonchev–Trinajstić information content (AvgIpc) is 3.34. The summed E-state index contributed by atoms with van der Waals surface area (Å²) < 4.78 is 0. The standard InChI is InChI=1S/C20H24N2O/c1-14-6-4-5-7-16(14)17-12-18(17)19(23)22-13-20(2,3)15-8-10-21-11-9-15/h4-11,17-18H,12-13H2,1-3H3,(H,22,23). The number of benzene rings is 1. The fourth-order valence-electron chi connectivity index (χ4n) is 3.18. The highest BCUT2D eigenvalue weighted by atomic mass is 16.2. The van der Waals surface area contributed by atoms with Crippen molar-refractivity contribution >= 4 is 5.91 Å². The number of pyridine rings is 1. The van der Waals surface area contributed by atoms with E-state index in [9.17, 15) is 4.79 Å². The van der Waals surface area contributed by atoms with E-state index in [1.165, 1.54) is 16.7 Å². The third-order valence-electron chi connectivity index (χ3n) is 4.88. The zero-order chi connectivity index (χ0) is 16.4. The van der Waals surface area contributed by atoms with E-state index < -0.39 is 0 Å². The number of carbonyl (C=O) groups excluding carboxylic acids is 1. The van der Waals surface area contributed by atoms with E-state index in [-0.39, 0.29) is 17.2 Å². The van der Waals surface area contributed by atoms with Crippen molar-refractivity contribution < 1.29 is 4.79 Å². The number of nitrogens with one attached hydrogen (secondary N) is 1. The molecule has 1 heterocycles. The second-order valence-electron chi connectivity index (χ2n) is 7.14. The van der Waals surface area contributed by atoms with Crippen LogP contribution in [0, 0.1) is 12.8 Å². The first-order valence-corrected chi connectivity index (χ1v) is 8.23. The average molecular weight is 308 g/mol. The molecule has 0 spiro atoms. The molecular formula is C20H24N2O. The largest absolute Gasteiger partial charge is 0.355 e. The predicted molar refractivity (Wildman–Crippen MR) is 92.3 cm³/mol. The highest BCUT2D eigenvalue weighted by Gasteiger charge is 2.44. The van der Waals surface area contributed by atoms with E-state index in [4.69, 9.17) is 0 Å². The Morgan fingerprint density at radius 2 is 1.91 bits per heavy atom.